The first-order valence-electron chi connectivity index (χ1n) is 6.01. The van der Waals surface area contributed by atoms with Crippen molar-refractivity contribution < 1.29 is 15.0 Å². The molecule has 0 aromatic carbocycles. The van der Waals surface area contributed by atoms with Crippen molar-refractivity contribution in [3.8, 4) is 0 Å². The molecule has 0 aliphatic heterocycles. The van der Waals surface area contributed by atoms with Gasteiger partial charge in [-0.05, 0) is 25.8 Å². The minimum atomic E-state index is -0.806. The number of hydrogen-bond acceptors (Lipinski definition) is 3. The van der Waals surface area contributed by atoms with Crippen molar-refractivity contribution in [2.45, 2.75) is 51.2 Å². The standard InChI is InChI=1S/C12H23NO3/c1-9(2)10(11(14)15)13(3)8-12(16)6-4-5-7-12/h9-10,16H,4-8H2,1-3H3,(H,14,15). The molecule has 1 unspecified atom stereocenters. The van der Waals surface area contributed by atoms with Crippen LogP contribution in [0.3, 0.4) is 0 Å². The van der Waals surface area contributed by atoms with Gasteiger partial charge in [0.05, 0.1) is 5.60 Å². The van der Waals surface area contributed by atoms with E-state index < -0.39 is 17.6 Å². The SMILES string of the molecule is CC(C)C(C(=O)O)N(C)CC1(O)CCCC1. The molecule has 0 radical (unpaired) electrons. The van der Waals surface area contributed by atoms with Crippen molar-refractivity contribution in [1.29, 1.82) is 0 Å². The highest BCUT2D eigenvalue weighted by Gasteiger charge is 2.36. The quantitative estimate of drug-likeness (QED) is 0.746. The monoisotopic (exact) mass is 229 g/mol. The van der Waals surface area contributed by atoms with Crippen LogP contribution in [0.5, 0.6) is 0 Å². The van der Waals surface area contributed by atoms with E-state index in [-0.39, 0.29) is 5.92 Å². The van der Waals surface area contributed by atoms with Crippen LogP contribution >= 0.6 is 0 Å². The summed E-state index contributed by atoms with van der Waals surface area (Å²) >= 11 is 0. The summed E-state index contributed by atoms with van der Waals surface area (Å²) in [6, 6.07) is -0.510. The first-order chi connectivity index (χ1) is 7.36. The predicted molar refractivity (Wildman–Crippen MR) is 62.3 cm³/mol. The summed E-state index contributed by atoms with van der Waals surface area (Å²) in [5.41, 5.74) is -0.669. The molecule has 1 rings (SSSR count). The lowest BCUT2D eigenvalue weighted by Gasteiger charge is -2.33. The summed E-state index contributed by atoms with van der Waals surface area (Å²) in [6.45, 7) is 4.25. The first-order valence-corrected chi connectivity index (χ1v) is 6.01. The van der Waals surface area contributed by atoms with E-state index in [0.717, 1.165) is 25.7 Å². The largest absolute Gasteiger partial charge is 0.480 e. The van der Waals surface area contributed by atoms with Gasteiger partial charge in [-0.15, -0.1) is 0 Å². The molecule has 1 atom stereocenters. The fourth-order valence-corrected chi connectivity index (χ4v) is 2.74. The Morgan fingerprint density at radius 1 is 1.38 bits per heavy atom. The molecule has 94 valence electrons. The number of aliphatic carboxylic acids is 1. The average Bonchev–Trinajstić information content (AvgIpc) is 2.49. The van der Waals surface area contributed by atoms with Gasteiger partial charge in [-0.2, -0.15) is 0 Å². The number of rotatable bonds is 5. The fraction of sp³-hybridized carbons (Fsp3) is 0.917. The molecule has 4 heteroatoms. The van der Waals surface area contributed by atoms with Crippen LogP contribution in [0.4, 0.5) is 0 Å². The van der Waals surface area contributed by atoms with Crippen LogP contribution in [0.2, 0.25) is 0 Å². The molecule has 0 aromatic heterocycles. The number of hydrogen-bond donors (Lipinski definition) is 2. The van der Waals surface area contributed by atoms with Crippen LogP contribution in [0, 0.1) is 5.92 Å². The normalized spacial score (nSPS) is 21.6. The third-order valence-corrected chi connectivity index (χ3v) is 3.44. The lowest BCUT2D eigenvalue weighted by Crippen LogP contribution is -2.49. The average molecular weight is 229 g/mol. The molecule has 1 saturated carbocycles. The molecule has 1 fully saturated rings. The molecule has 16 heavy (non-hydrogen) atoms. The Morgan fingerprint density at radius 3 is 2.25 bits per heavy atom. The van der Waals surface area contributed by atoms with Crippen molar-refractivity contribution >= 4 is 5.97 Å². The third-order valence-electron chi connectivity index (χ3n) is 3.44. The van der Waals surface area contributed by atoms with E-state index in [1.54, 1.807) is 11.9 Å². The summed E-state index contributed by atoms with van der Waals surface area (Å²) in [7, 11) is 1.79. The van der Waals surface area contributed by atoms with Crippen molar-refractivity contribution in [3.05, 3.63) is 0 Å². The number of carboxylic acid groups (broad SMARTS) is 1. The van der Waals surface area contributed by atoms with Gasteiger partial charge in [0.1, 0.15) is 6.04 Å². The molecule has 0 saturated heterocycles. The van der Waals surface area contributed by atoms with Crippen LogP contribution in [-0.4, -0.2) is 46.3 Å². The zero-order valence-electron chi connectivity index (χ0n) is 10.4. The van der Waals surface area contributed by atoms with Gasteiger partial charge in [0.25, 0.3) is 0 Å². The summed E-state index contributed by atoms with van der Waals surface area (Å²) < 4.78 is 0. The summed E-state index contributed by atoms with van der Waals surface area (Å²) in [5.74, 6) is -0.758. The van der Waals surface area contributed by atoms with Crippen LogP contribution in [0.15, 0.2) is 0 Å². The number of aliphatic hydroxyl groups is 1. The highest BCUT2D eigenvalue weighted by molar-refractivity contribution is 5.73. The third kappa shape index (κ3) is 3.19. The Bertz CT molecular complexity index is 247. The maximum Gasteiger partial charge on any atom is 0.321 e. The molecule has 1 aliphatic carbocycles. The summed E-state index contributed by atoms with van der Waals surface area (Å²) in [5, 5.41) is 19.4. The Kier molecular flexibility index (Phi) is 4.33. The molecule has 0 heterocycles. The molecular weight excluding hydrogens is 206 g/mol. The van der Waals surface area contributed by atoms with E-state index in [2.05, 4.69) is 0 Å². The number of carboxylic acids is 1. The fourth-order valence-electron chi connectivity index (χ4n) is 2.74. The van der Waals surface area contributed by atoms with Crippen LogP contribution < -0.4 is 0 Å². The maximum atomic E-state index is 11.1. The number of nitrogens with zero attached hydrogens (tertiary/aromatic N) is 1. The summed E-state index contributed by atoms with van der Waals surface area (Å²) in [4.78, 5) is 12.9. The Hall–Kier alpha value is -0.610. The Balaban J connectivity index is 2.61. The minimum absolute atomic E-state index is 0.0486. The van der Waals surface area contributed by atoms with Gasteiger partial charge in [-0.25, -0.2) is 0 Å². The zero-order chi connectivity index (χ0) is 12.3. The second kappa shape index (κ2) is 5.15. The van der Waals surface area contributed by atoms with Crippen molar-refractivity contribution in [1.82, 2.24) is 4.90 Å². The van der Waals surface area contributed by atoms with Gasteiger partial charge in [0.15, 0.2) is 0 Å². The van der Waals surface area contributed by atoms with E-state index in [4.69, 9.17) is 5.11 Å². The van der Waals surface area contributed by atoms with Gasteiger partial charge in [0, 0.05) is 6.54 Å². The molecule has 0 aromatic rings. The molecule has 0 bridgehead atoms. The topological polar surface area (TPSA) is 60.8 Å². The second-order valence-corrected chi connectivity index (χ2v) is 5.37. The van der Waals surface area contributed by atoms with Crippen LogP contribution in [-0.2, 0) is 4.79 Å². The van der Waals surface area contributed by atoms with Crippen LogP contribution in [0.25, 0.3) is 0 Å². The van der Waals surface area contributed by atoms with E-state index in [0.29, 0.717) is 6.54 Å². The molecule has 2 N–H and O–H groups in total. The lowest BCUT2D eigenvalue weighted by atomic mass is 9.98. The van der Waals surface area contributed by atoms with Crippen molar-refractivity contribution in [2.75, 3.05) is 13.6 Å². The smallest absolute Gasteiger partial charge is 0.321 e. The first kappa shape index (κ1) is 13.5. The molecule has 1 aliphatic rings. The van der Waals surface area contributed by atoms with Gasteiger partial charge in [0.2, 0.25) is 0 Å². The minimum Gasteiger partial charge on any atom is -0.480 e. The Morgan fingerprint density at radius 2 is 1.88 bits per heavy atom. The molecule has 0 spiro atoms. The predicted octanol–water partition coefficient (Wildman–Crippen LogP) is 1.33. The molecule has 0 amide bonds. The highest BCUT2D eigenvalue weighted by Crippen LogP contribution is 2.30. The number of likely N-dealkylation sites (N-methyl/N-ethyl adjacent to an activating group) is 1. The number of carbonyl (C=O) groups is 1. The second-order valence-electron chi connectivity index (χ2n) is 5.37. The van der Waals surface area contributed by atoms with E-state index in [1.807, 2.05) is 13.8 Å². The molecule has 4 nitrogen and oxygen atoms in total. The summed E-state index contributed by atoms with van der Waals surface area (Å²) in [6.07, 6.45) is 3.68. The van der Waals surface area contributed by atoms with Gasteiger partial charge in [-0.1, -0.05) is 26.7 Å². The van der Waals surface area contributed by atoms with E-state index in [1.165, 1.54) is 0 Å². The van der Waals surface area contributed by atoms with Crippen molar-refractivity contribution in [3.63, 3.8) is 0 Å². The van der Waals surface area contributed by atoms with E-state index in [9.17, 15) is 9.90 Å². The van der Waals surface area contributed by atoms with Gasteiger partial charge < -0.3 is 10.2 Å². The van der Waals surface area contributed by atoms with Gasteiger partial charge >= 0.3 is 5.97 Å². The van der Waals surface area contributed by atoms with Gasteiger partial charge in [-0.3, -0.25) is 9.69 Å². The maximum absolute atomic E-state index is 11.1. The Labute approximate surface area is 97.3 Å². The van der Waals surface area contributed by atoms with Crippen LogP contribution in [0.1, 0.15) is 39.5 Å². The van der Waals surface area contributed by atoms with E-state index >= 15 is 0 Å². The van der Waals surface area contributed by atoms with Crippen molar-refractivity contribution in [2.24, 2.45) is 5.92 Å². The lowest BCUT2D eigenvalue weighted by molar-refractivity contribution is -0.145. The zero-order valence-corrected chi connectivity index (χ0v) is 10.4. The molecular formula is C12H23NO3. The highest BCUT2D eigenvalue weighted by atomic mass is 16.4.